The number of rotatable bonds is 2. The average molecular weight is 146 g/mol. The maximum atomic E-state index is 2.31. The predicted molar refractivity (Wildman–Crippen MR) is 26.0 cm³/mol. The van der Waals surface area contributed by atoms with Crippen LogP contribution in [0.2, 0.25) is 9.63 Å². The van der Waals surface area contributed by atoms with Crippen molar-refractivity contribution in [2.45, 2.75) is 35.3 Å². The van der Waals surface area contributed by atoms with Crippen molar-refractivity contribution in [2.24, 2.45) is 0 Å². The Bertz CT molecular complexity index is 62.2. The molecule has 0 aromatic rings. The Morgan fingerprint density at radius 3 is 1.57 bits per heavy atom. The summed E-state index contributed by atoms with van der Waals surface area (Å²) in [5.41, 5.74) is 0. The van der Waals surface area contributed by atoms with Crippen molar-refractivity contribution in [1.82, 2.24) is 0 Å². The molecule has 0 nitrogen and oxygen atoms in total. The zero-order chi connectivity index (χ0) is 4.69. The van der Waals surface area contributed by atoms with E-state index in [-0.39, 0.29) is 0 Å². The first kappa shape index (κ1) is 4.40. The molecule has 2 fully saturated rings. The summed E-state index contributed by atoms with van der Waals surface area (Å²) < 4.78 is 0. The third-order valence-electron chi connectivity index (χ3n) is 1.21. The summed E-state index contributed by atoms with van der Waals surface area (Å²) in [5, 5.41) is 0. The van der Waals surface area contributed by atoms with Crippen molar-refractivity contribution in [2.75, 3.05) is 0 Å². The van der Waals surface area contributed by atoms with Gasteiger partial charge in [0.1, 0.15) is 0 Å². The fraction of sp³-hybridized carbons (Fsp3) is 1.00. The quantitative estimate of drug-likeness (QED) is 0.523. The molecule has 0 radical (unpaired) electrons. The molecule has 0 heterocycles. The van der Waals surface area contributed by atoms with Crippen LogP contribution in [0.15, 0.2) is 0 Å². The first-order chi connectivity index (χ1) is 3.45. The molecule has 0 N–H and O–H groups in total. The molecule has 0 saturated heterocycles. The zero-order valence-electron chi connectivity index (χ0n) is 4.28. The summed E-state index contributed by atoms with van der Waals surface area (Å²) in [7, 11) is 0. The minimum absolute atomic E-state index is 1.09. The van der Waals surface area contributed by atoms with E-state index < -0.39 is 0 Å². The SMILES string of the molecule is C1C[CH]1[Cu][CH]1CC1. The van der Waals surface area contributed by atoms with Crippen LogP contribution in [-0.2, 0) is 15.0 Å². The third-order valence-corrected chi connectivity index (χ3v) is 3.18. The molecular formula is C6H10Cu. The van der Waals surface area contributed by atoms with Crippen LogP contribution >= 0.6 is 0 Å². The van der Waals surface area contributed by atoms with Gasteiger partial charge in [-0.25, -0.2) is 0 Å². The van der Waals surface area contributed by atoms with Gasteiger partial charge in [-0.05, 0) is 0 Å². The van der Waals surface area contributed by atoms with Gasteiger partial charge in [-0.1, -0.05) is 0 Å². The van der Waals surface area contributed by atoms with E-state index in [4.69, 9.17) is 0 Å². The minimum atomic E-state index is 1.09. The van der Waals surface area contributed by atoms with Crippen molar-refractivity contribution in [1.29, 1.82) is 0 Å². The fourth-order valence-electron chi connectivity index (χ4n) is 0.503. The Morgan fingerprint density at radius 1 is 0.857 bits per heavy atom. The van der Waals surface area contributed by atoms with Crippen LogP contribution in [0.5, 0.6) is 0 Å². The number of hydrogen-bond acceptors (Lipinski definition) is 0. The van der Waals surface area contributed by atoms with Gasteiger partial charge in [0.15, 0.2) is 0 Å². The molecule has 0 atom stereocenters. The van der Waals surface area contributed by atoms with Crippen LogP contribution in [0.25, 0.3) is 0 Å². The van der Waals surface area contributed by atoms with Crippen molar-refractivity contribution < 1.29 is 15.0 Å². The van der Waals surface area contributed by atoms with E-state index in [1.165, 1.54) is 25.7 Å². The Labute approximate surface area is 50.8 Å². The van der Waals surface area contributed by atoms with E-state index in [0.29, 0.717) is 0 Å². The van der Waals surface area contributed by atoms with Crippen molar-refractivity contribution in [3.8, 4) is 0 Å². The molecule has 0 bridgehead atoms. The van der Waals surface area contributed by atoms with E-state index in [9.17, 15) is 0 Å². The van der Waals surface area contributed by atoms with E-state index in [0.717, 1.165) is 9.63 Å². The second kappa shape index (κ2) is 1.50. The zero-order valence-corrected chi connectivity index (χ0v) is 5.23. The Kier molecular flexibility index (Phi) is 0.942. The molecule has 0 amide bonds. The summed E-state index contributed by atoms with van der Waals surface area (Å²) >= 11 is 2.31. The summed E-state index contributed by atoms with van der Waals surface area (Å²) in [5.74, 6) is 0. The van der Waals surface area contributed by atoms with Crippen LogP contribution in [0.1, 0.15) is 25.7 Å². The van der Waals surface area contributed by atoms with Gasteiger partial charge < -0.3 is 0 Å². The van der Waals surface area contributed by atoms with Crippen LogP contribution in [0.3, 0.4) is 0 Å². The molecule has 2 rings (SSSR count). The molecule has 0 aliphatic heterocycles. The van der Waals surface area contributed by atoms with E-state index in [1.807, 2.05) is 0 Å². The molecule has 2 aliphatic carbocycles. The van der Waals surface area contributed by atoms with E-state index in [2.05, 4.69) is 15.0 Å². The Morgan fingerprint density at radius 2 is 1.29 bits per heavy atom. The summed E-state index contributed by atoms with van der Waals surface area (Å²) in [6, 6.07) is 0. The summed E-state index contributed by atoms with van der Waals surface area (Å²) in [4.78, 5) is 2.19. The van der Waals surface area contributed by atoms with Crippen LogP contribution < -0.4 is 0 Å². The van der Waals surface area contributed by atoms with Gasteiger partial charge in [0.25, 0.3) is 0 Å². The average Bonchev–Trinajstić information content (AvgIpc) is 2.33. The van der Waals surface area contributed by atoms with Gasteiger partial charge in [-0.2, -0.15) is 0 Å². The molecule has 1 heteroatoms. The Hall–Kier alpha value is 0.519. The normalized spacial score (nSPS) is 31.4. The third kappa shape index (κ3) is 1.20. The fourth-order valence-corrected chi connectivity index (χ4v) is 2.07. The van der Waals surface area contributed by atoms with Crippen LogP contribution in [0.4, 0.5) is 0 Å². The standard InChI is InChI=1S/2C3H5.Cu/c2*1-2-3-1;/h2*1H,2-3H2;. The molecular weight excluding hydrogens is 136 g/mol. The van der Waals surface area contributed by atoms with Gasteiger partial charge >= 0.3 is 50.3 Å². The predicted octanol–water partition coefficient (Wildman–Crippen LogP) is 2.23. The molecule has 7 heavy (non-hydrogen) atoms. The van der Waals surface area contributed by atoms with Crippen LogP contribution in [0, 0.1) is 0 Å². The maximum absolute atomic E-state index is 2.31. The second-order valence-electron chi connectivity index (χ2n) is 2.32. The van der Waals surface area contributed by atoms with Crippen molar-refractivity contribution in [3.05, 3.63) is 0 Å². The molecule has 0 aromatic carbocycles. The monoisotopic (exact) mass is 145 g/mol. The molecule has 0 spiro atoms. The van der Waals surface area contributed by atoms with Gasteiger partial charge in [-0.15, -0.1) is 0 Å². The van der Waals surface area contributed by atoms with Gasteiger partial charge in [0.2, 0.25) is 0 Å². The van der Waals surface area contributed by atoms with Crippen LogP contribution in [-0.4, -0.2) is 0 Å². The number of hydrogen-bond donors (Lipinski definition) is 0. The molecule has 2 aliphatic rings. The van der Waals surface area contributed by atoms with Gasteiger partial charge in [0.05, 0.1) is 0 Å². The van der Waals surface area contributed by atoms with Gasteiger partial charge in [0, 0.05) is 0 Å². The van der Waals surface area contributed by atoms with E-state index >= 15 is 0 Å². The first-order valence-electron chi connectivity index (χ1n) is 2.98. The van der Waals surface area contributed by atoms with Crippen molar-refractivity contribution >= 4 is 0 Å². The second-order valence-corrected chi connectivity index (χ2v) is 4.18. The van der Waals surface area contributed by atoms with Gasteiger partial charge in [-0.3, -0.25) is 0 Å². The summed E-state index contributed by atoms with van der Waals surface area (Å²) in [6.07, 6.45) is 6.04. The topological polar surface area (TPSA) is 0 Å². The summed E-state index contributed by atoms with van der Waals surface area (Å²) in [6.45, 7) is 0. The molecule has 2 saturated carbocycles. The van der Waals surface area contributed by atoms with E-state index in [1.54, 1.807) is 0 Å². The first-order valence-corrected chi connectivity index (χ1v) is 4.07. The molecule has 0 aromatic heterocycles. The molecule has 45 valence electrons. The molecule has 0 unspecified atom stereocenters. The van der Waals surface area contributed by atoms with Crippen molar-refractivity contribution in [3.63, 3.8) is 0 Å². The Balaban J connectivity index is 1.69.